The van der Waals surface area contributed by atoms with Crippen molar-refractivity contribution in [1.29, 1.82) is 0 Å². The number of unbranched alkanes of at least 4 members (excludes halogenated alkanes) is 3. The van der Waals surface area contributed by atoms with Crippen molar-refractivity contribution in [2.24, 2.45) is 0 Å². The van der Waals surface area contributed by atoms with Crippen molar-refractivity contribution in [1.82, 2.24) is 9.71 Å². The molecule has 0 unspecified atom stereocenters. The first-order valence-electron chi connectivity index (χ1n) is 5.68. The molecule has 0 aliphatic carbocycles. The van der Waals surface area contributed by atoms with Gasteiger partial charge in [0.05, 0.1) is 0 Å². The van der Waals surface area contributed by atoms with Gasteiger partial charge in [-0.05, 0) is 18.6 Å². The fourth-order valence-electron chi connectivity index (χ4n) is 1.41. The molecule has 0 radical (unpaired) electrons. The van der Waals surface area contributed by atoms with Gasteiger partial charge >= 0.3 is 0 Å². The fourth-order valence-corrected chi connectivity index (χ4v) is 2.93. The second-order valence-corrected chi connectivity index (χ2v) is 5.84. The maximum absolute atomic E-state index is 11.9. The van der Waals surface area contributed by atoms with E-state index in [0.29, 0.717) is 6.54 Å². The van der Waals surface area contributed by atoms with Gasteiger partial charge in [-0.1, -0.05) is 37.8 Å². The minimum absolute atomic E-state index is 0.00792. The summed E-state index contributed by atoms with van der Waals surface area (Å²) in [5.74, 6) is 0. The quantitative estimate of drug-likeness (QED) is 0.615. The predicted molar refractivity (Wildman–Crippen MR) is 68.6 cm³/mol. The van der Waals surface area contributed by atoms with E-state index in [4.69, 9.17) is 11.6 Å². The summed E-state index contributed by atoms with van der Waals surface area (Å²) in [6, 6.07) is 3.00. The van der Waals surface area contributed by atoms with Crippen LogP contribution < -0.4 is 4.72 Å². The zero-order valence-corrected chi connectivity index (χ0v) is 11.4. The highest BCUT2D eigenvalue weighted by molar-refractivity contribution is 7.89. The maximum atomic E-state index is 11.9. The van der Waals surface area contributed by atoms with Crippen molar-refractivity contribution in [3.8, 4) is 0 Å². The van der Waals surface area contributed by atoms with Crippen molar-refractivity contribution in [3.05, 3.63) is 23.5 Å². The number of rotatable bonds is 7. The molecule has 0 saturated heterocycles. The van der Waals surface area contributed by atoms with E-state index in [2.05, 4.69) is 16.6 Å². The Morgan fingerprint density at radius 1 is 1.35 bits per heavy atom. The third-order valence-corrected chi connectivity index (χ3v) is 4.24. The van der Waals surface area contributed by atoms with Gasteiger partial charge in [-0.25, -0.2) is 18.1 Å². The SMILES string of the molecule is CCCCCCNS(=O)(=O)c1cccnc1Cl. The second-order valence-electron chi connectivity index (χ2n) is 3.75. The van der Waals surface area contributed by atoms with Gasteiger partial charge in [0.1, 0.15) is 10.0 Å². The molecule has 17 heavy (non-hydrogen) atoms. The highest BCUT2D eigenvalue weighted by Crippen LogP contribution is 2.17. The standard InChI is InChI=1S/C11H17ClN2O2S/c1-2-3-4-5-9-14-17(15,16)10-7-6-8-13-11(10)12/h6-8,14H,2-5,9H2,1H3. The highest BCUT2D eigenvalue weighted by atomic mass is 35.5. The minimum Gasteiger partial charge on any atom is -0.243 e. The highest BCUT2D eigenvalue weighted by Gasteiger charge is 2.17. The van der Waals surface area contributed by atoms with Crippen LogP contribution in [0.5, 0.6) is 0 Å². The monoisotopic (exact) mass is 276 g/mol. The zero-order chi connectivity index (χ0) is 12.7. The Morgan fingerprint density at radius 3 is 2.76 bits per heavy atom. The summed E-state index contributed by atoms with van der Waals surface area (Å²) in [5.41, 5.74) is 0. The van der Waals surface area contributed by atoms with E-state index >= 15 is 0 Å². The molecule has 0 spiro atoms. The van der Waals surface area contributed by atoms with Crippen LogP contribution in [0.1, 0.15) is 32.6 Å². The first-order chi connectivity index (χ1) is 8.08. The van der Waals surface area contributed by atoms with Gasteiger partial charge in [0, 0.05) is 12.7 Å². The van der Waals surface area contributed by atoms with Crippen LogP contribution in [0.3, 0.4) is 0 Å². The average Bonchev–Trinajstić information content (AvgIpc) is 2.29. The number of nitrogens with one attached hydrogen (secondary N) is 1. The molecule has 0 amide bonds. The lowest BCUT2D eigenvalue weighted by Gasteiger charge is -2.07. The number of halogens is 1. The molecule has 1 rings (SSSR count). The third-order valence-electron chi connectivity index (χ3n) is 2.34. The summed E-state index contributed by atoms with van der Waals surface area (Å²) in [6.45, 7) is 2.55. The molecule has 1 N–H and O–H groups in total. The number of hydrogen-bond donors (Lipinski definition) is 1. The minimum atomic E-state index is -3.52. The molecule has 0 fully saturated rings. The van der Waals surface area contributed by atoms with E-state index in [1.165, 1.54) is 12.3 Å². The van der Waals surface area contributed by atoms with Crippen LogP contribution in [0.15, 0.2) is 23.2 Å². The first-order valence-corrected chi connectivity index (χ1v) is 7.54. The fraction of sp³-hybridized carbons (Fsp3) is 0.545. The second kappa shape index (κ2) is 6.93. The summed E-state index contributed by atoms with van der Waals surface area (Å²) in [4.78, 5) is 3.79. The van der Waals surface area contributed by atoms with Gasteiger partial charge in [0.2, 0.25) is 10.0 Å². The van der Waals surface area contributed by atoms with E-state index < -0.39 is 10.0 Å². The number of aromatic nitrogens is 1. The lowest BCUT2D eigenvalue weighted by Crippen LogP contribution is -2.25. The third kappa shape index (κ3) is 4.61. The predicted octanol–water partition coefficient (Wildman–Crippen LogP) is 2.59. The molecule has 6 heteroatoms. The lowest BCUT2D eigenvalue weighted by atomic mass is 10.2. The Bertz CT molecular complexity index is 449. The number of pyridine rings is 1. The van der Waals surface area contributed by atoms with E-state index in [1.54, 1.807) is 6.07 Å². The molecule has 4 nitrogen and oxygen atoms in total. The summed E-state index contributed by atoms with van der Waals surface area (Å²) in [5, 5.41) is 0.00792. The van der Waals surface area contributed by atoms with Crippen LogP contribution in [0.4, 0.5) is 0 Å². The van der Waals surface area contributed by atoms with Gasteiger partial charge in [-0.3, -0.25) is 0 Å². The van der Waals surface area contributed by atoms with Gasteiger partial charge in [0.15, 0.2) is 0 Å². The number of nitrogens with zero attached hydrogens (tertiary/aromatic N) is 1. The molecule has 0 bridgehead atoms. The largest absolute Gasteiger partial charge is 0.243 e. The van der Waals surface area contributed by atoms with E-state index in [-0.39, 0.29) is 10.0 Å². The zero-order valence-electron chi connectivity index (χ0n) is 9.82. The Morgan fingerprint density at radius 2 is 2.12 bits per heavy atom. The number of sulfonamides is 1. The average molecular weight is 277 g/mol. The molecule has 0 atom stereocenters. The Balaban J connectivity index is 2.55. The molecule has 1 heterocycles. The van der Waals surface area contributed by atoms with Crippen LogP contribution in [0, 0.1) is 0 Å². The van der Waals surface area contributed by atoms with Crippen molar-refractivity contribution >= 4 is 21.6 Å². The van der Waals surface area contributed by atoms with Crippen LogP contribution in [-0.2, 0) is 10.0 Å². The van der Waals surface area contributed by atoms with Crippen molar-refractivity contribution < 1.29 is 8.42 Å². The topological polar surface area (TPSA) is 59.1 Å². The van der Waals surface area contributed by atoms with Crippen LogP contribution in [-0.4, -0.2) is 19.9 Å². The Hall–Kier alpha value is -0.650. The first kappa shape index (κ1) is 14.4. The smallest absolute Gasteiger partial charge is 0.243 e. The van der Waals surface area contributed by atoms with Gasteiger partial charge in [0.25, 0.3) is 0 Å². The molecule has 0 aromatic carbocycles. The molecule has 0 aliphatic heterocycles. The molecule has 1 aromatic heterocycles. The summed E-state index contributed by atoms with van der Waals surface area (Å²) in [6.07, 6.45) is 5.57. The molecule has 0 saturated carbocycles. The van der Waals surface area contributed by atoms with Crippen LogP contribution in [0.25, 0.3) is 0 Å². The Kier molecular flexibility index (Phi) is 5.88. The number of hydrogen-bond acceptors (Lipinski definition) is 3. The van der Waals surface area contributed by atoms with Gasteiger partial charge < -0.3 is 0 Å². The Labute approximate surface area is 107 Å². The molecule has 1 aromatic rings. The van der Waals surface area contributed by atoms with E-state index in [0.717, 1.165) is 25.7 Å². The molecule has 96 valence electrons. The van der Waals surface area contributed by atoms with E-state index in [9.17, 15) is 8.42 Å². The van der Waals surface area contributed by atoms with Gasteiger partial charge in [-0.15, -0.1) is 0 Å². The maximum Gasteiger partial charge on any atom is 0.243 e. The van der Waals surface area contributed by atoms with Crippen molar-refractivity contribution in [3.63, 3.8) is 0 Å². The molecule has 0 aliphatic rings. The van der Waals surface area contributed by atoms with Crippen LogP contribution in [0.2, 0.25) is 5.15 Å². The van der Waals surface area contributed by atoms with Gasteiger partial charge in [-0.2, -0.15) is 0 Å². The summed E-state index contributed by atoms with van der Waals surface area (Å²) in [7, 11) is -3.52. The van der Waals surface area contributed by atoms with Crippen molar-refractivity contribution in [2.45, 2.75) is 37.5 Å². The normalized spacial score (nSPS) is 11.6. The van der Waals surface area contributed by atoms with E-state index in [1.807, 2.05) is 0 Å². The van der Waals surface area contributed by atoms with Crippen LogP contribution >= 0.6 is 11.6 Å². The molecular weight excluding hydrogens is 260 g/mol. The molecular formula is C11H17ClN2O2S. The summed E-state index contributed by atoms with van der Waals surface area (Å²) < 4.78 is 26.2. The summed E-state index contributed by atoms with van der Waals surface area (Å²) >= 11 is 5.74. The van der Waals surface area contributed by atoms with Crippen molar-refractivity contribution in [2.75, 3.05) is 6.54 Å². The lowest BCUT2D eigenvalue weighted by molar-refractivity contribution is 0.573.